The van der Waals surface area contributed by atoms with E-state index in [0.717, 1.165) is 25.9 Å². The molecule has 0 spiro atoms. The van der Waals surface area contributed by atoms with Crippen molar-refractivity contribution in [2.24, 2.45) is 5.41 Å². The zero-order valence-electron chi connectivity index (χ0n) is 12.5. The predicted octanol–water partition coefficient (Wildman–Crippen LogP) is 2.87. The molecule has 2 rings (SSSR count). The molecule has 0 radical (unpaired) electrons. The smallest absolute Gasteiger partial charge is 0.0713 e. The summed E-state index contributed by atoms with van der Waals surface area (Å²) >= 11 is 0. The van der Waals surface area contributed by atoms with Crippen molar-refractivity contribution in [2.75, 3.05) is 20.3 Å². The number of methoxy groups -OCH3 is 1. The minimum absolute atomic E-state index is 0.119. The lowest BCUT2D eigenvalue weighted by molar-refractivity contribution is 0.0810. The molecule has 1 aliphatic rings. The average Bonchev–Trinajstić information content (AvgIpc) is 2.50. The summed E-state index contributed by atoms with van der Waals surface area (Å²) in [4.78, 5) is 0. The molecule has 1 aromatic carbocycles. The largest absolute Gasteiger partial charge is 0.396 e. The predicted molar refractivity (Wildman–Crippen MR) is 81.5 cm³/mol. The summed E-state index contributed by atoms with van der Waals surface area (Å²) in [6.45, 7) is 2.77. The second-order valence-corrected chi connectivity index (χ2v) is 6.07. The number of aliphatic hydroxyl groups is 1. The van der Waals surface area contributed by atoms with Crippen LogP contribution in [-0.4, -0.2) is 25.4 Å². The molecule has 2 N–H and O–H groups in total. The van der Waals surface area contributed by atoms with Crippen LogP contribution in [0, 0.1) is 5.41 Å². The van der Waals surface area contributed by atoms with E-state index in [1.807, 2.05) is 0 Å². The van der Waals surface area contributed by atoms with E-state index < -0.39 is 0 Å². The molecule has 0 bridgehead atoms. The highest BCUT2D eigenvalue weighted by atomic mass is 16.5. The summed E-state index contributed by atoms with van der Waals surface area (Å²) in [7, 11) is 1.72. The zero-order chi connectivity index (χ0) is 14.3. The molecule has 1 aliphatic carbocycles. The summed E-state index contributed by atoms with van der Waals surface area (Å²) in [5.41, 5.74) is 2.61. The van der Waals surface area contributed by atoms with E-state index in [1.165, 1.54) is 30.4 Å². The number of rotatable bonds is 7. The van der Waals surface area contributed by atoms with Crippen LogP contribution in [0.25, 0.3) is 0 Å². The standard InChI is InChI=1S/C17H27NO2/c1-20-12-16-7-5-15(6-8-16)11-18-13-17(14-19)9-3-2-4-10-17/h5-8,18-19H,2-4,9-14H2,1H3. The Morgan fingerprint density at radius 3 is 2.35 bits per heavy atom. The van der Waals surface area contributed by atoms with Crippen LogP contribution in [0.1, 0.15) is 43.2 Å². The first-order valence-corrected chi connectivity index (χ1v) is 7.66. The fraction of sp³-hybridized carbons (Fsp3) is 0.647. The molecule has 0 aliphatic heterocycles. The van der Waals surface area contributed by atoms with E-state index in [-0.39, 0.29) is 5.41 Å². The third-order valence-corrected chi connectivity index (χ3v) is 4.41. The van der Waals surface area contributed by atoms with Crippen molar-refractivity contribution < 1.29 is 9.84 Å². The maximum Gasteiger partial charge on any atom is 0.0713 e. The molecule has 112 valence electrons. The summed E-state index contributed by atoms with van der Waals surface area (Å²) in [6.07, 6.45) is 6.15. The second-order valence-electron chi connectivity index (χ2n) is 6.07. The van der Waals surface area contributed by atoms with Crippen LogP contribution in [-0.2, 0) is 17.9 Å². The highest BCUT2D eigenvalue weighted by molar-refractivity contribution is 5.21. The van der Waals surface area contributed by atoms with Gasteiger partial charge < -0.3 is 15.2 Å². The Kier molecular flexibility index (Phi) is 6.02. The van der Waals surface area contributed by atoms with Gasteiger partial charge >= 0.3 is 0 Å². The van der Waals surface area contributed by atoms with Gasteiger partial charge in [-0.15, -0.1) is 0 Å². The molecule has 0 amide bonds. The third-order valence-electron chi connectivity index (χ3n) is 4.41. The van der Waals surface area contributed by atoms with Crippen LogP contribution >= 0.6 is 0 Å². The minimum atomic E-state index is 0.119. The van der Waals surface area contributed by atoms with Gasteiger partial charge in [0.05, 0.1) is 6.61 Å². The van der Waals surface area contributed by atoms with Gasteiger partial charge in [-0.1, -0.05) is 43.5 Å². The Morgan fingerprint density at radius 1 is 1.10 bits per heavy atom. The van der Waals surface area contributed by atoms with Crippen molar-refractivity contribution in [3.05, 3.63) is 35.4 Å². The summed E-state index contributed by atoms with van der Waals surface area (Å²) in [6, 6.07) is 8.52. The fourth-order valence-electron chi connectivity index (χ4n) is 3.08. The van der Waals surface area contributed by atoms with Gasteiger partial charge in [0.15, 0.2) is 0 Å². The molecule has 0 aromatic heterocycles. The Labute approximate surface area is 122 Å². The molecule has 0 heterocycles. The molecule has 3 nitrogen and oxygen atoms in total. The zero-order valence-corrected chi connectivity index (χ0v) is 12.5. The number of aliphatic hydroxyl groups excluding tert-OH is 1. The quantitative estimate of drug-likeness (QED) is 0.805. The lowest BCUT2D eigenvalue weighted by Gasteiger charge is -2.35. The Hall–Kier alpha value is -0.900. The van der Waals surface area contributed by atoms with Crippen LogP contribution in [0.4, 0.5) is 0 Å². The highest BCUT2D eigenvalue weighted by Gasteiger charge is 2.30. The minimum Gasteiger partial charge on any atom is -0.396 e. The van der Waals surface area contributed by atoms with Crippen LogP contribution < -0.4 is 5.32 Å². The Balaban J connectivity index is 1.79. The molecule has 0 unspecified atom stereocenters. The van der Waals surface area contributed by atoms with Crippen molar-refractivity contribution in [3.8, 4) is 0 Å². The van der Waals surface area contributed by atoms with E-state index in [4.69, 9.17) is 4.74 Å². The van der Waals surface area contributed by atoms with Crippen molar-refractivity contribution >= 4 is 0 Å². The summed E-state index contributed by atoms with van der Waals surface area (Å²) < 4.78 is 5.11. The first kappa shape index (κ1) is 15.5. The lowest BCUT2D eigenvalue weighted by Crippen LogP contribution is -2.38. The van der Waals surface area contributed by atoms with Crippen LogP contribution in [0.5, 0.6) is 0 Å². The maximum absolute atomic E-state index is 9.68. The van der Waals surface area contributed by atoms with Crippen LogP contribution in [0.3, 0.4) is 0 Å². The molecular formula is C17H27NO2. The molecule has 1 saturated carbocycles. The number of benzene rings is 1. The molecule has 1 fully saturated rings. The summed E-state index contributed by atoms with van der Waals surface area (Å²) in [5, 5.41) is 13.2. The second kappa shape index (κ2) is 7.77. The number of ether oxygens (including phenoxy) is 1. The van der Waals surface area contributed by atoms with Gasteiger partial charge in [-0.2, -0.15) is 0 Å². The lowest BCUT2D eigenvalue weighted by atomic mass is 9.74. The third kappa shape index (κ3) is 4.30. The molecule has 1 aromatic rings. The van der Waals surface area contributed by atoms with Gasteiger partial charge in [0.1, 0.15) is 0 Å². The molecular weight excluding hydrogens is 250 g/mol. The molecule has 20 heavy (non-hydrogen) atoms. The number of hydrogen-bond donors (Lipinski definition) is 2. The molecule has 3 heteroatoms. The van der Waals surface area contributed by atoms with Crippen LogP contribution in [0.15, 0.2) is 24.3 Å². The fourth-order valence-corrected chi connectivity index (χ4v) is 3.08. The Morgan fingerprint density at radius 2 is 1.75 bits per heavy atom. The van der Waals surface area contributed by atoms with Gasteiger partial charge in [-0.05, 0) is 24.0 Å². The topological polar surface area (TPSA) is 41.5 Å². The van der Waals surface area contributed by atoms with Crippen molar-refractivity contribution in [3.63, 3.8) is 0 Å². The van der Waals surface area contributed by atoms with E-state index in [0.29, 0.717) is 13.2 Å². The number of nitrogens with one attached hydrogen (secondary N) is 1. The molecule has 0 atom stereocenters. The average molecular weight is 277 g/mol. The molecule has 0 saturated heterocycles. The first-order valence-electron chi connectivity index (χ1n) is 7.66. The van der Waals surface area contributed by atoms with E-state index in [9.17, 15) is 5.11 Å². The van der Waals surface area contributed by atoms with Gasteiger partial charge in [-0.25, -0.2) is 0 Å². The van der Waals surface area contributed by atoms with E-state index >= 15 is 0 Å². The van der Waals surface area contributed by atoms with Gasteiger partial charge in [-0.3, -0.25) is 0 Å². The van der Waals surface area contributed by atoms with Crippen molar-refractivity contribution in [2.45, 2.75) is 45.3 Å². The first-order chi connectivity index (χ1) is 9.78. The van der Waals surface area contributed by atoms with Gasteiger partial charge in [0.2, 0.25) is 0 Å². The normalized spacial score (nSPS) is 18.1. The maximum atomic E-state index is 9.68. The van der Waals surface area contributed by atoms with Gasteiger partial charge in [0.25, 0.3) is 0 Å². The highest BCUT2D eigenvalue weighted by Crippen LogP contribution is 2.35. The van der Waals surface area contributed by atoms with E-state index in [2.05, 4.69) is 29.6 Å². The summed E-state index contributed by atoms with van der Waals surface area (Å²) in [5.74, 6) is 0. The monoisotopic (exact) mass is 277 g/mol. The number of hydrogen-bond acceptors (Lipinski definition) is 3. The van der Waals surface area contributed by atoms with Gasteiger partial charge in [0, 0.05) is 32.2 Å². The van der Waals surface area contributed by atoms with Crippen LogP contribution in [0.2, 0.25) is 0 Å². The van der Waals surface area contributed by atoms with Crippen molar-refractivity contribution in [1.82, 2.24) is 5.32 Å². The van der Waals surface area contributed by atoms with E-state index in [1.54, 1.807) is 7.11 Å². The SMILES string of the molecule is COCc1ccc(CNCC2(CO)CCCCC2)cc1. The Bertz CT molecular complexity index is 382. The van der Waals surface area contributed by atoms with Crippen molar-refractivity contribution in [1.29, 1.82) is 0 Å².